The van der Waals surface area contributed by atoms with Crippen LogP contribution in [0.3, 0.4) is 0 Å². The maximum atomic E-state index is 11.6. The van der Waals surface area contributed by atoms with Gasteiger partial charge in [0.2, 0.25) is 0 Å². The highest BCUT2D eigenvalue weighted by Gasteiger charge is 2.21. The first kappa shape index (κ1) is 13.1. The number of hydrogen-bond donors (Lipinski definition) is 1. The lowest BCUT2D eigenvalue weighted by Gasteiger charge is -2.08. The predicted octanol–water partition coefficient (Wildman–Crippen LogP) is 1.79. The van der Waals surface area contributed by atoms with E-state index in [4.69, 9.17) is 5.73 Å². The number of ether oxygens (including phenoxy) is 1. The number of pyridine rings is 1. The van der Waals surface area contributed by atoms with Crippen LogP contribution < -0.4 is 5.73 Å². The third kappa shape index (κ3) is 2.59. The van der Waals surface area contributed by atoms with Gasteiger partial charge in [0, 0.05) is 5.56 Å². The molecule has 1 rings (SSSR count). The highest BCUT2D eigenvalue weighted by Crippen LogP contribution is 2.21. The van der Waals surface area contributed by atoms with Crippen molar-refractivity contribution in [2.75, 3.05) is 18.2 Å². The summed E-state index contributed by atoms with van der Waals surface area (Å²) < 4.78 is 4.94. The fourth-order valence-electron chi connectivity index (χ4n) is 1.14. The van der Waals surface area contributed by atoms with Gasteiger partial charge in [0.1, 0.15) is 16.0 Å². The second-order valence-electron chi connectivity index (χ2n) is 2.80. The molecule has 16 heavy (non-hydrogen) atoms. The number of Topliss-reactive ketones (excluding diaryl/α,β-unsaturated/α-hetero) is 1. The number of carbonyl (C=O) groups is 2. The van der Waals surface area contributed by atoms with Gasteiger partial charge < -0.3 is 10.5 Å². The lowest BCUT2D eigenvalue weighted by atomic mass is 10.1. The molecule has 0 atom stereocenters. The number of ketones is 1. The molecule has 0 aromatic carbocycles. The zero-order chi connectivity index (χ0) is 12.3. The summed E-state index contributed by atoms with van der Waals surface area (Å²) in [5, 5.41) is 0.0902. The summed E-state index contributed by atoms with van der Waals surface area (Å²) in [5.74, 6) is -0.984. The lowest BCUT2D eigenvalue weighted by Crippen LogP contribution is -2.15. The summed E-state index contributed by atoms with van der Waals surface area (Å²) in [4.78, 5) is 26.9. The number of hydrogen-bond acceptors (Lipinski definition) is 5. The maximum absolute atomic E-state index is 11.6. The van der Waals surface area contributed by atoms with Crippen LogP contribution in [-0.2, 0) is 4.74 Å². The Kier molecular flexibility index (Phi) is 4.43. The Morgan fingerprint density at radius 1 is 1.56 bits per heavy atom. The Balaban J connectivity index is 3.44. The van der Waals surface area contributed by atoms with E-state index in [1.807, 2.05) is 0 Å². The van der Waals surface area contributed by atoms with E-state index >= 15 is 0 Å². The molecule has 1 heterocycles. The molecule has 0 spiro atoms. The summed E-state index contributed by atoms with van der Waals surface area (Å²) in [5.41, 5.74) is 5.76. The minimum Gasteiger partial charge on any atom is -0.465 e. The van der Waals surface area contributed by atoms with E-state index in [2.05, 4.69) is 41.6 Å². The van der Waals surface area contributed by atoms with Crippen LogP contribution in [0.2, 0.25) is 0 Å². The zero-order valence-corrected chi connectivity index (χ0v) is 11.5. The van der Waals surface area contributed by atoms with Gasteiger partial charge in [-0.05, 0) is 22.0 Å². The van der Waals surface area contributed by atoms with Crippen LogP contribution >= 0.6 is 31.9 Å². The molecule has 2 N–H and O–H groups in total. The largest absolute Gasteiger partial charge is 0.465 e. The molecular weight excluding hydrogens is 344 g/mol. The molecule has 0 saturated heterocycles. The summed E-state index contributed by atoms with van der Waals surface area (Å²) >= 11 is 6.13. The van der Waals surface area contributed by atoms with Crippen LogP contribution in [-0.4, -0.2) is 29.2 Å². The van der Waals surface area contributed by atoms with E-state index in [9.17, 15) is 9.59 Å². The molecule has 0 aliphatic rings. The molecule has 0 bridgehead atoms. The highest BCUT2D eigenvalue weighted by atomic mass is 79.9. The first-order valence-corrected chi connectivity index (χ1v) is 6.06. The first-order valence-electron chi connectivity index (χ1n) is 4.14. The van der Waals surface area contributed by atoms with E-state index in [1.54, 1.807) is 0 Å². The van der Waals surface area contributed by atoms with E-state index in [1.165, 1.54) is 13.2 Å². The molecule has 0 unspecified atom stereocenters. The minimum atomic E-state index is -0.679. The second-order valence-corrected chi connectivity index (χ2v) is 4.17. The molecule has 0 saturated carbocycles. The molecule has 0 radical (unpaired) electrons. The second kappa shape index (κ2) is 5.40. The molecule has 0 fully saturated rings. The molecular formula is C9H8Br2N2O3. The van der Waals surface area contributed by atoms with E-state index in [0.717, 1.165) is 0 Å². The average Bonchev–Trinajstić information content (AvgIpc) is 2.26. The maximum Gasteiger partial charge on any atom is 0.342 e. The van der Waals surface area contributed by atoms with Crippen LogP contribution in [0.4, 0.5) is 5.82 Å². The SMILES string of the molecule is COC(=O)c1c(C(=O)CBr)cc(Br)nc1N. The summed E-state index contributed by atoms with van der Waals surface area (Å²) in [6, 6.07) is 1.44. The summed E-state index contributed by atoms with van der Waals surface area (Å²) in [6.45, 7) is 0. The minimum absolute atomic E-state index is 0.00449. The van der Waals surface area contributed by atoms with Crippen molar-refractivity contribution in [3.63, 3.8) is 0 Å². The van der Waals surface area contributed by atoms with Crippen molar-refractivity contribution >= 4 is 49.4 Å². The number of methoxy groups -OCH3 is 1. The Bertz CT molecular complexity index is 449. The molecule has 0 aliphatic heterocycles. The third-order valence-electron chi connectivity index (χ3n) is 1.83. The first-order chi connectivity index (χ1) is 7.51. The van der Waals surface area contributed by atoms with Crippen molar-refractivity contribution in [3.05, 3.63) is 21.8 Å². The Morgan fingerprint density at radius 3 is 2.69 bits per heavy atom. The Hall–Kier alpha value is -0.950. The number of aromatic nitrogens is 1. The number of esters is 1. The van der Waals surface area contributed by atoms with Crippen molar-refractivity contribution in [1.29, 1.82) is 0 Å². The van der Waals surface area contributed by atoms with Gasteiger partial charge in [-0.15, -0.1) is 0 Å². The zero-order valence-electron chi connectivity index (χ0n) is 8.29. The van der Waals surface area contributed by atoms with Crippen LogP contribution in [0.25, 0.3) is 0 Å². The van der Waals surface area contributed by atoms with E-state index < -0.39 is 5.97 Å². The number of nitrogen functional groups attached to an aromatic ring is 1. The van der Waals surface area contributed by atoms with Crippen LogP contribution in [0.5, 0.6) is 0 Å². The molecule has 7 heteroatoms. The van der Waals surface area contributed by atoms with Gasteiger partial charge in [-0.25, -0.2) is 9.78 Å². The number of nitrogens with two attached hydrogens (primary N) is 1. The Labute approximate surface area is 109 Å². The highest BCUT2D eigenvalue weighted by molar-refractivity contribution is 9.10. The number of carbonyl (C=O) groups excluding carboxylic acids is 2. The van der Waals surface area contributed by atoms with Gasteiger partial charge in [0.15, 0.2) is 5.78 Å². The summed E-state index contributed by atoms with van der Waals surface area (Å²) in [7, 11) is 1.21. The van der Waals surface area contributed by atoms with Gasteiger partial charge in [0.05, 0.1) is 12.4 Å². The van der Waals surface area contributed by atoms with E-state index in [0.29, 0.717) is 4.60 Å². The molecule has 0 amide bonds. The van der Waals surface area contributed by atoms with Crippen LogP contribution in [0.1, 0.15) is 20.7 Å². The summed E-state index contributed by atoms with van der Waals surface area (Å²) in [6.07, 6.45) is 0. The number of anilines is 1. The van der Waals surface area contributed by atoms with E-state index in [-0.39, 0.29) is 28.1 Å². The normalized spacial score (nSPS) is 9.94. The van der Waals surface area contributed by atoms with Gasteiger partial charge in [-0.1, -0.05) is 15.9 Å². The number of halogens is 2. The number of rotatable bonds is 3. The van der Waals surface area contributed by atoms with Gasteiger partial charge in [-0.3, -0.25) is 4.79 Å². The van der Waals surface area contributed by atoms with Crippen molar-refractivity contribution in [2.45, 2.75) is 0 Å². The molecule has 1 aromatic rings. The molecule has 0 aliphatic carbocycles. The van der Waals surface area contributed by atoms with Crippen LogP contribution in [0, 0.1) is 0 Å². The van der Waals surface area contributed by atoms with Gasteiger partial charge >= 0.3 is 5.97 Å². The predicted molar refractivity (Wildman–Crippen MR) is 65.8 cm³/mol. The third-order valence-corrected chi connectivity index (χ3v) is 2.74. The lowest BCUT2D eigenvalue weighted by molar-refractivity contribution is 0.0598. The topological polar surface area (TPSA) is 82.3 Å². The molecule has 86 valence electrons. The smallest absolute Gasteiger partial charge is 0.342 e. The van der Waals surface area contributed by atoms with Gasteiger partial charge in [0.25, 0.3) is 0 Å². The van der Waals surface area contributed by atoms with Gasteiger partial charge in [-0.2, -0.15) is 0 Å². The standard InChI is InChI=1S/C9H8Br2N2O3/c1-16-9(15)7-4(5(14)3-10)2-6(11)13-8(7)12/h2H,3H2,1H3,(H2,12,13). The molecule has 5 nitrogen and oxygen atoms in total. The Morgan fingerprint density at radius 2 is 2.19 bits per heavy atom. The van der Waals surface area contributed by atoms with Crippen molar-refractivity contribution in [2.24, 2.45) is 0 Å². The monoisotopic (exact) mass is 350 g/mol. The fraction of sp³-hybridized carbons (Fsp3) is 0.222. The quantitative estimate of drug-likeness (QED) is 0.388. The average molecular weight is 352 g/mol. The van der Waals surface area contributed by atoms with Crippen LogP contribution in [0.15, 0.2) is 10.7 Å². The fourth-order valence-corrected chi connectivity index (χ4v) is 1.86. The number of nitrogens with zero attached hydrogens (tertiary/aromatic N) is 1. The number of alkyl halides is 1. The molecule has 1 aromatic heterocycles. The van der Waals surface area contributed by atoms with Crippen molar-refractivity contribution < 1.29 is 14.3 Å². The van der Waals surface area contributed by atoms with Crippen molar-refractivity contribution in [1.82, 2.24) is 4.98 Å². The van der Waals surface area contributed by atoms with Crippen molar-refractivity contribution in [3.8, 4) is 0 Å².